The Morgan fingerprint density at radius 3 is 2.75 bits per heavy atom. The number of carbonyl (C=O) groups excluding carboxylic acids is 1. The highest BCUT2D eigenvalue weighted by atomic mass is 19.1. The van der Waals surface area contributed by atoms with E-state index in [2.05, 4.69) is 0 Å². The molecule has 1 aromatic carbocycles. The van der Waals surface area contributed by atoms with Gasteiger partial charge >= 0.3 is 5.97 Å². The van der Waals surface area contributed by atoms with Crippen LogP contribution in [0.5, 0.6) is 0 Å². The number of benzene rings is 1. The van der Waals surface area contributed by atoms with Crippen molar-refractivity contribution in [3.63, 3.8) is 0 Å². The predicted octanol–water partition coefficient (Wildman–Crippen LogP) is 2.34. The first-order valence-corrected chi connectivity index (χ1v) is 8.40. The molecule has 0 aromatic heterocycles. The summed E-state index contributed by atoms with van der Waals surface area (Å²) in [7, 11) is 0. The number of hydrogen-bond acceptors (Lipinski definition) is 3. The van der Waals surface area contributed by atoms with Gasteiger partial charge in [0.25, 0.3) is 0 Å². The molecule has 5 nitrogen and oxygen atoms in total. The van der Waals surface area contributed by atoms with Crippen molar-refractivity contribution in [3.8, 4) is 0 Å². The van der Waals surface area contributed by atoms with Gasteiger partial charge in [0.2, 0.25) is 5.91 Å². The molecule has 0 spiro atoms. The molecule has 1 aliphatic carbocycles. The molecule has 0 bridgehead atoms. The van der Waals surface area contributed by atoms with E-state index in [4.69, 9.17) is 9.84 Å². The molecule has 3 rings (SSSR count). The quantitative estimate of drug-likeness (QED) is 0.917. The van der Waals surface area contributed by atoms with E-state index in [-0.39, 0.29) is 24.7 Å². The van der Waals surface area contributed by atoms with E-state index in [1.807, 2.05) is 6.07 Å². The normalized spacial score (nSPS) is 23.2. The van der Waals surface area contributed by atoms with Gasteiger partial charge in [0.15, 0.2) is 0 Å². The first kappa shape index (κ1) is 16.9. The zero-order valence-corrected chi connectivity index (χ0v) is 13.5. The summed E-state index contributed by atoms with van der Waals surface area (Å²) in [6, 6.07) is 6.30. The maximum atomic E-state index is 13.7. The lowest BCUT2D eigenvalue weighted by Gasteiger charge is -2.39. The number of aliphatic carboxylic acids is 1. The Labute approximate surface area is 140 Å². The number of ether oxygens (including phenoxy) is 1. The van der Waals surface area contributed by atoms with Crippen molar-refractivity contribution in [3.05, 3.63) is 35.6 Å². The molecule has 1 atom stereocenters. The molecule has 1 saturated carbocycles. The Morgan fingerprint density at radius 2 is 2.08 bits per heavy atom. The zero-order chi connectivity index (χ0) is 17.2. The van der Waals surface area contributed by atoms with Crippen LogP contribution in [0.15, 0.2) is 24.3 Å². The molecule has 0 unspecified atom stereocenters. The Hall–Kier alpha value is -1.95. The van der Waals surface area contributed by atoms with E-state index in [1.165, 1.54) is 12.1 Å². The summed E-state index contributed by atoms with van der Waals surface area (Å²) in [5.74, 6) is -1.29. The number of carboxylic acids is 1. The van der Waals surface area contributed by atoms with Gasteiger partial charge in [0.1, 0.15) is 5.82 Å². The second-order valence-corrected chi connectivity index (χ2v) is 6.64. The van der Waals surface area contributed by atoms with Crippen LogP contribution in [-0.4, -0.2) is 47.7 Å². The van der Waals surface area contributed by atoms with E-state index in [0.29, 0.717) is 26.0 Å². The zero-order valence-electron chi connectivity index (χ0n) is 13.5. The van der Waals surface area contributed by atoms with Crippen LogP contribution in [-0.2, 0) is 19.7 Å². The third-order valence-corrected chi connectivity index (χ3v) is 5.07. The molecule has 2 fully saturated rings. The summed E-state index contributed by atoms with van der Waals surface area (Å²) in [6.07, 6.45) is 2.69. The van der Waals surface area contributed by atoms with Crippen LogP contribution in [0.25, 0.3) is 0 Å². The smallest absolute Gasteiger partial charge is 0.306 e. The third kappa shape index (κ3) is 3.29. The number of nitrogens with zero attached hydrogens (tertiary/aromatic N) is 1. The second kappa shape index (κ2) is 6.89. The minimum Gasteiger partial charge on any atom is -0.481 e. The van der Waals surface area contributed by atoms with Crippen molar-refractivity contribution in [1.29, 1.82) is 0 Å². The van der Waals surface area contributed by atoms with Crippen molar-refractivity contribution in [1.82, 2.24) is 4.90 Å². The molecule has 6 heteroatoms. The topological polar surface area (TPSA) is 66.8 Å². The van der Waals surface area contributed by atoms with Gasteiger partial charge in [0.05, 0.1) is 24.5 Å². The molecule has 1 aliphatic heterocycles. The van der Waals surface area contributed by atoms with Crippen LogP contribution in [0.3, 0.4) is 0 Å². The van der Waals surface area contributed by atoms with Crippen molar-refractivity contribution in [2.24, 2.45) is 0 Å². The fourth-order valence-corrected chi connectivity index (χ4v) is 3.92. The number of halogens is 1. The number of carboxylic acid groups (broad SMARTS) is 1. The fraction of sp³-hybridized carbons (Fsp3) is 0.556. The molecule has 1 heterocycles. The average Bonchev–Trinajstić information content (AvgIpc) is 3.05. The van der Waals surface area contributed by atoms with Crippen molar-refractivity contribution >= 4 is 11.9 Å². The molecule has 1 aromatic rings. The van der Waals surface area contributed by atoms with Crippen LogP contribution in [0, 0.1) is 5.82 Å². The Bertz CT molecular complexity index is 627. The van der Waals surface area contributed by atoms with Gasteiger partial charge in [-0.15, -0.1) is 0 Å². The maximum absolute atomic E-state index is 13.7. The van der Waals surface area contributed by atoms with E-state index < -0.39 is 17.5 Å². The summed E-state index contributed by atoms with van der Waals surface area (Å²) in [4.78, 5) is 25.9. The average molecular weight is 335 g/mol. The largest absolute Gasteiger partial charge is 0.481 e. The highest BCUT2D eigenvalue weighted by Gasteiger charge is 2.46. The molecular formula is C18H22FNO4. The number of hydrogen-bond donors (Lipinski definition) is 1. The molecule has 24 heavy (non-hydrogen) atoms. The summed E-state index contributed by atoms with van der Waals surface area (Å²) in [6.45, 7) is 1.07. The number of carbonyl (C=O) groups is 2. The first-order valence-electron chi connectivity index (χ1n) is 8.40. The van der Waals surface area contributed by atoms with Gasteiger partial charge in [-0.2, -0.15) is 0 Å². The van der Waals surface area contributed by atoms with Crippen LogP contribution < -0.4 is 0 Å². The third-order valence-electron chi connectivity index (χ3n) is 5.07. The number of morpholine rings is 1. The van der Waals surface area contributed by atoms with Gasteiger partial charge in [-0.25, -0.2) is 4.39 Å². The molecule has 1 saturated heterocycles. The highest BCUT2D eigenvalue weighted by Crippen LogP contribution is 2.43. The van der Waals surface area contributed by atoms with Crippen molar-refractivity contribution in [2.75, 3.05) is 19.7 Å². The number of amides is 1. The van der Waals surface area contributed by atoms with E-state index in [9.17, 15) is 14.0 Å². The van der Waals surface area contributed by atoms with Crippen molar-refractivity contribution in [2.45, 2.75) is 43.6 Å². The van der Waals surface area contributed by atoms with Gasteiger partial charge in [0, 0.05) is 13.1 Å². The van der Waals surface area contributed by atoms with E-state index >= 15 is 0 Å². The number of rotatable bonds is 4. The van der Waals surface area contributed by atoms with Gasteiger partial charge < -0.3 is 14.7 Å². The lowest BCUT2D eigenvalue weighted by atomic mass is 9.77. The van der Waals surface area contributed by atoms with Crippen LogP contribution in [0.2, 0.25) is 0 Å². The summed E-state index contributed by atoms with van der Waals surface area (Å²) < 4.78 is 19.1. The molecule has 1 N–H and O–H groups in total. The van der Waals surface area contributed by atoms with Crippen LogP contribution in [0.1, 0.15) is 37.7 Å². The van der Waals surface area contributed by atoms with E-state index in [1.54, 1.807) is 11.0 Å². The monoisotopic (exact) mass is 335 g/mol. The molecule has 130 valence electrons. The van der Waals surface area contributed by atoms with Gasteiger partial charge in [-0.3, -0.25) is 9.59 Å². The van der Waals surface area contributed by atoms with Crippen LogP contribution >= 0.6 is 0 Å². The lowest BCUT2D eigenvalue weighted by molar-refractivity contribution is -0.150. The summed E-state index contributed by atoms with van der Waals surface area (Å²) in [5.41, 5.74) is 0.0407. The minimum absolute atomic E-state index is 0.0238. The SMILES string of the molecule is O=C(O)C[C@@H]1CN(C(=O)C2(c3cccc(F)c3)CCCC2)CCO1. The Morgan fingerprint density at radius 1 is 1.33 bits per heavy atom. The van der Waals surface area contributed by atoms with Crippen LogP contribution in [0.4, 0.5) is 4.39 Å². The molecule has 0 radical (unpaired) electrons. The van der Waals surface area contributed by atoms with Crippen molar-refractivity contribution < 1.29 is 23.8 Å². The lowest BCUT2D eigenvalue weighted by Crippen LogP contribution is -2.52. The van der Waals surface area contributed by atoms with Gasteiger partial charge in [-0.05, 0) is 30.5 Å². The fourth-order valence-electron chi connectivity index (χ4n) is 3.92. The Kier molecular flexibility index (Phi) is 4.85. The second-order valence-electron chi connectivity index (χ2n) is 6.64. The Balaban J connectivity index is 1.83. The predicted molar refractivity (Wildman–Crippen MR) is 85.1 cm³/mol. The minimum atomic E-state index is -0.935. The maximum Gasteiger partial charge on any atom is 0.306 e. The van der Waals surface area contributed by atoms with E-state index in [0.717, 1.165) is 18.4 Å². The molecule has 2 aliphatic rings. The molecular weight excluding hydrogens is 313 g/mol. The standard InChI is InChI=1S/C18H22FNO4/c19-14-5-3-4-13(10-14)18(6-1-2-7-18)17(23)20-8-9-24-15(12-20)11-16(21)22/h3-5,10,15H,1-2,6-9,11-12H2,(H,21,22)/t15-/m1/s1. The first-order chi connectivity index (χ1) is 11.5. The highest BCUT2D eigenvalue weighted by molar-refractivity contribution is 5.89. The summed E-state index contributed by atoms with van der Waals surface area (Å²) >= 11 is 0. The van der Waals surface area contributed by atoms with Gasteiger partial charge in [-0.1, -0.05) is 25.0 Å². The summed E-state index contributed by atoms with van der Waals surface area (Å²) in [5, 5.41) is 8.94. The molecule has 1 amide bonds.